The first-order valence-corrected chi connectivity index (χ1v) is 11.9. The van der Waals surface area contributed by atoms with Crippen LogP contribution in [0.3, 0.4) is 0 Å². The maximum absolute atomic E-state index is 13.2. The van der Waals surface area contributed by atoms with Gasteiger partial charge in [0.2, 0.25) is 0 Å². The number of hydrogen-bond acceptors (Lipinski definition) is 4. The van der Waals surface area contributed by atoms with E-state index in [2.05, 4.69) is 5.32 Å². The van der Waals surface area contributed by atoms with E-state index in [9.17, 15) is 4.39 Å². The van der Waals surface area contributed by atoms with E-state index in [4.69, 9.17) is 25.8 Å². The van der Waals surface area contributed by atoms with Gasteiger partial charge in [0.05, 0.1) is 12.7 Å². The number of benzene rings is 3. The van der Waals surface area contributed by atoms with E-state index in [1.807, 2.05) is 70.2 Å². The minimum Gasteiger partial charge on any atom is -0.485 e. The Morgan fingerprint density at radius 2 is 1.79 bits per heavy atom. The Hall–Kier alpha value is -2.60. The summed E-state index contributed by atoms with van der Waals surface area (Å²) in [5.74, 6) is 0.536. The highest BCUT2D eigenvalue weighted by molar-refractivity contribution is 6.31. The van der Waals surface area contributed by atoms with Gasteiger partial charge in [-0.15, -0.1) is 0 Å². The molecule has 180 valence electrons. The topological polar surface area (TPSA) is 39.7 Å². The Balaban J connectivity index is 1.59. The van der Waals surface area contributed by atoms with Gasteiger partial charge in [0, 0.05) is 22.8 Å². The van der Waals surface area contributed by atoms with Gasteiger partial charge in [-0.05, 0) is 75.2 Å². The molecule has 1 heterocycles. The molecular formula is C28H31ClFNO3. The van der Waals surface area contributed by atoms with Gasteiger partial charge in [-0.2, -0.15) is 0 Å². The molecule has 0 amide bonds. The molecule has 3 aromatic rings. The van der Waals surface area contributed by atoms with Crippen molar-refractivity contribution in [1.29, 1.82) is 0 Å². The van der Waals surface area contributed by atoms with Gasteiger partial charge in [0.25, 0.3) is 0 Å². The average Bonchev–Trinajstić information content (AvgIpc) is 2.79. The number of nitrogens with one attached hydrogen (secondary N) is 1. The summed E-state index contributed by atoms with van der Waals surface area (Å²) in [4.78, 5) is 0. The van der Waals surface area contributed by atoms with Crippen LogP contribution in [0.2, 0.25) is 5.02 Å². The molecule has 2 unspecified atom stereocenters. The first-order chi connectivity index (χ1) is 16.2. The van der Waals surface area contributed by atoms with Gasteiger partial charge < -0.3 is 19.5 Å². The lowest BCUT2D eigenvalue weighted by atomic mass is 9.87. The number of hydrogen-bond donors (Lipinski definition) is 1. The van der Waals surface area contributed by atoms with Gasteiger partial charge in [0.15, 0.2) is 0 Å². The molecule has 2 atom stereocenters. The lowest BCUT2D eigenvalue weighted by molar-refractivity contribution is -0.177. The van der Waals surface area contributed by atoms with Gasteiger partial charge >= 0.3 is 0 Å². The van der Waals surface area contributed by atoms with Crippen LogP contribution in [-0.4, -0.2) is 17.8 Å². The molecule has 1 aliphatic rings. The van der Waals surface area contributed by atoms with E-state index < -0.39 is 5.60 Å². The van der Waals surface area contributed by atoms with Crippen molar-refractivity contribution in [3.8, 4) is 5.75 Å². The van der Waals surface area contributed by atoms with Crippen LogP contribution in [0, 0.1) is 5.82 Å². The summed E-state index contributed by atoms with van der Waals surface area (Å²) in [6.07, 6.45) is -0.686. The zero-order chi connectivity index (χ0) is 24.3. The predicted octanol–water partition coefficient (Wildman–Crippen LogP) is 7.31. The molecule has 3 aromatic carbocycles. The zero-order valence-electron chi connectivity index (χ0n) is 20.0. The summed E-state index contributed by atoms with van der Waals surface area (Å²) in [5, 5.41) is 4.09. The average molecular weight is 484 g/mol. The molecule has 6 heteroatoms. The molecule has 0 radical (unpaired) electrons. The molecule has 0 spiro atoms. The van der Waals surface area contributed by atoms with E-state index >= 15 is 0 Å². The minimum absolute atomic E-state index is 0.00556. The second kappa shape index (κ2) is 10.3. The highest BCUT2D eigenvalue weighted by Gasteiger charge is 2.46. The molecule has 0 fully saturated rings. The Bertz CT molecular complexity index is 1120. The zero-order valence-corrected chi connectivity index (χ0v) is 20.7. The van der Waals surface area contributed by atoms with Gasteiger partial charge in [-0.3, -0.25) is 0 Å². The minimum atomic E-state index is -0.614. The number of ether oxygens (including phenoxy) is 3. The quantitative estimate of drug-likeness (QED) is 0.364. The van der Waals surface area contributed by atoms with Crippen molar-refractivity contribution in [3.63, 3.8) is 0 Å². The SMILES string of the molecule is CC(C)OC1c2cc(NCc3ccc(F)cc3)ccc2OC(C)(C)C1OCc1ccccc1Cl. The van der Waals surface area contributed by atoms with E-state index in [1.165, 1.54) is 12.1 Å². The van der Waals surface area contributed by atoms with E-state index in [1.54, 1.807) is 12.1 Å². The number of fused-ring (bicyclic) bond motifs is 1. The maximum Gasteiger partial charge on any atom is 0.132 e. The summed E-state index contributed by atoms with van der Waals surface area (Å²) in [6, 6.07) is 20.1. The third kappa shape index (κ3) is 5.72. The molecule has 1 N–H and O–H groups in total. The Morgan fingerprint density at radius 3 is 2.50 bits per heavy atom. The molecule has 0 aliphatic carbocycles. The van der Waals surface area contributed by atoms with Crippen LogP contribution in [0.4, 0.5) is 10.1 Å². The largest absolute Gasteiger partial charge is 0.485 e. The molecule has 0 saturated carbocycles. The summed E-state index contributed by atoms with van der Waals surface area (Å²) in [7, 11) is 0. The summed E-state index contributed by atoms with van der Waals surface area (Å²) >= 11 is 6.36. The highest BCUT2D eigenvalue weighted by atomic mass is 35.5. The fourth-order valence-corrected chi connectivity index (χ4v) is 4.36. The molecule has 4 rings (SSSR count). The van der Waals surface area contributed by atoms with Crippen LogP contribution >= 0.6 is 11.6 Å². The Morgan fingerprint density at radius 1 is 1.06 bits per heavy atom. The first kappa shape index (κ1) is 24.5. The summed E-state index contributed by atoms with van der Waals surface area (Å²) < 4.78 is 32.4. The third-order valence-electron chi connectivity index (χ3n) is 5.85. The van der Waals surface area contributed by atoms with Crippen molar-refractivity contribution in [2.24, 2.45) is 0 Å². The maximum atomic E-state index is 13.2. The molecular weight excluding hydrogens is 453 g/mol. The third-order valence-corrected chi connectivity index (χ3v) is 6.22. The van der Waals surface area contributed by atoms with Crippen molar-refractivity contribution in [2.75, 3.05) is 5.32 Å². The normalized spacial score (nSPS) is 18.9. The first-order valence-electron chi connectivity index (χ1n) is 11.5. The molecule has 0 saturated heterocycles. The predicted molar refractivity (Wildman–Crippen MR) is 134 cm³/mol. The fraction of sp³-hybridized carbons (Fsp3) is 0.357. The number of anilines is 1. The lowest BCUT2D eigenvalue weighted by Gasteiger charge is -2.45. The fourth-order valence-electron chi connectivity index (χ4n) is 4.17. The smallest absolute Gasteiger partial charge is 0.132 e. The summed E-state index contributed by atoms with van der Waals surface area (Å²) in [5.41, 5.74) is 3.16. The van der Waals surface area contributed by atoms with Crippen LogP contribution in [0.1, 0.15) is 50.5 Å². The van der Waals surface area contributed by atoms with Crippen LogP contribution in [-0.2, 0) is 22.6 Å². The summed E-state index contributed by atoms with van der Waals surface area (Å²) in [6.45, 7) is 9.00. The number of rotatable bonds is 8. The Kier molecular flexibility index (Phi) is 7.46. The molecule has 0 aromatic heterocycles. The second-order valence-corrected chi connectivity index (χ2v) is 9.77. The van der Waals surface area contributed by atoms with Gasteiger partial charge in [-0.1, -0.05) is 41.9 Å². The monoisotopic (exact) mass is 483 g/mol. The van der Waals surface area contributed by atoms with Crippen LogP contribution in [0.5, 0.6) is 5.75 Å². The number of halogens is 2. The van der Waals surface area contributed by atoms with Crippen molar-refractivity contribution in [2.45, 2.75) is 64.8 Å². The van der Waals surface area contributed by atoms with E-state index in [-0.39, 0.29) is 24.1 Å². The Labute approximate surface area is 206 Å². The molecule has 1 aliphatic heterocycles. The van der Waals surface area contributed by atoms with Crippen molar-refractivity contribution < 1.29 is 18.6 Å². The van der Waals surface area contributed by atoms with Crippen molar-refractivity contribution in [3.05, 3.63) is 94.3 Å². The molecule has 0 bridgehead atoms. The molecule has 4 nitrogen and oxygen atoms in total. The van der Waals surface area contributed by atoms with Crippen molar-refractivity contribution in [1.82, 2.24) is 0 Å². The van der Waals surface area contributed by atoms with Crippen LogP contribution in [0.15, 0.2) is 66.7 Å². The van der Waals surface area contributed by atoms with E-state index in [0.29, 0.717) is 18.2 Å². The lowest BCUT2D eigenvalue weighted by Crippen LogP contribution is -2.51. The van der Waals surface area contributed by atoms with Crippen molar-refractivity contribution >= 4 is 17.3 Å². The van der Waals surface area contributed by atoms with Gasteiger partial charge in [-0.25, -0.2) is 4.39 Å². The van der Waals surface area contributed by atoms with Crippen LogP contribution in [0.25, 0.3) is 0 Å². The molecule has 34 heavy (non-hydrogen) atoms. The van der Waals surface area contributed by atoms with Crippen LogP contribution < -0.4 is 10.1 Å². The van der Waals surface area contributed by atoms with E-state index in [0.717, 1.165) is 28.1 Å². The highest BCUT2D eigenvalue weighted by Crippen LogP contribution is 2.45. The van der Waals surface area contributed by atoms with Gasteiger partial charge in [0.1, 0.15) is 29.4 Å². The standard InChI is InChI=1S/C28H31ClFNO3/c1-18(2)33-26-23-15-22(31-16-19-9-11-21(30)12-10-19)13-14-25(23)34-28(3,4)27(26)32-17-20-7-5-6-8-24(20)29/h5-15,18,26-27,31H,16-17H2,1-4H3. The second-order valence-electron chi connectivity index (χ2n) is 9.37.